The lowest BCUT2D eigenvalue weighted by molar-refractivity contribution is 0.310. The highest BCUT2D eigenvalue weighted by atomic mass is 16.5. The molecule has 2 aromatic rings. The zero-order valence-corrected chi connectivity index (χ0v) is 9.67. The molecule has 0 bridgehead atoms. The van der Waals surface area contributed by atoms with Crippen molar-refractivity contribution in [2.24, 2.45) is 0 Å². The minimum Gasteiger partial charge on any atom is -0.508 e. The number of ether oxygens (including phenoxy) is 1. The summed E-state index contributed by atoms with van der Waals surface area (Å²) in [4.78, 5) is 0. The molecule has 2 aromatic carbocycles. The normalized spacial score (nSPS) is 10.1. The van der Waals surface area contributed by atoms with Gasteiger partial charge < -0.3 is 9.84 Å². The van der Waals surface area contributed by atoms with Crippen molar-refractivity contribution in [1.82, 2.24) is 0 Å². The SMILES string of the molecule is Oc1ccccc1CCCOc1ccccc1. The summed E-state index contributed by atoms with van der Waals surface area (Å²) in [6.45, 7) is 0.665. The number of hydrogen-bond acceptors (Lipinski definition) is 2. The molecule has 2 heteroatoms. The van der Waals surface area contributed by atoms with Crippen LogP contribution in [-0.4, -0.2) is 11.7 Å². The number of benzene rings is 2. The molecule has 0 radical (unpaired) electrons. The fourth-order valence-corrected chi connectivity index (χ4v) is 1.69. The molecular weight excluding hydrogens is 212 g/mol. The molecule has 0 fully saturated rings. The summed E-state index contributed by atoms with van der Waals surface area (Å²) in [6.07, 6.45) is 1.73. The number of hydrogen-bond donors (Lipinski definition) is 1. The number of aromatic hydroxyl groups is 1. The Morgan fingerprint density at radius 2 is 1.59 bits per heavy atom. The fourth-order valence-electron chi connectivity index (χ4n) is 1.69. The van der Waals surface area contributed by atoms with E-state index in [1.54, 1.807) is 6.07 Å². The standard InChI is InChI=1S/C15H16O2/c16-15-11-5-4-7-13(15)8-6-12-17-14-9-2-1-3-10-14/h1-5,7,9-11,16H,6,8,12H2. The van der Waals surface area contributed by atoms with Crippen LogP contribution in [0.5, 0.6) is 11.5 Å². The zero-order valence-electron chi connectivity index (χ0n) is 9.67. The van der Waals surface area contributed by atoms with E-state index in [0.717, 1.165) is 24.2 Å². The number of phenolic OH excluding ortho intramolecular Hbond substituents is 1. The van der Waals surface area contributed by atoms with E-state index < -0.39 is 0 Å². The maximum atomic E-state index is 9.59. The Labute approximate surface area is 101 Å². The van der Waals surface area contributed by atoms with Crippen molar-refractivity contribution in [3.8, 4) is 11.5 Å². The lowest BCUT2D eigenvalue weighted by Gasteiger charge is -2.06. The van der Waals surface area contributed by atoms with Crippen LogP contribution < -0.4 is 4.74 Å². The van der Waals surface area contributed by atoms with Gasteiger partial charge in [0.2, 0.25) is 0 Å². The van der Waals surface area contributed by atoms with Gasteiger partial charge in [-0.05, 0) is 36.6 Å². The van der Waals surface area contributed by atoms with Crippen LogP contribution in [-0.2, 0) is 6.42 Å². The predicted octanol–water partition coefficient (Wildman–Crippen LogP) is 3.40. The van der Waals surface area contributed by atoms with Gasteiger partial charge in [-0.1, -0.05) is 36.4 Å². The van der Waals surface area contributed by atoms with E-state index in [9.17, 15) is 5.11 Å². The molecule has 0 aliphatic heterocycles. The van der Waals surface area contributed by atoms with Crippen LogP contribution in [0.3, 0.4) is 0 Å². The predicted molar refractivity (Wildman–Crippen MR) is 68.4 cm³/mol. The highest BCUT2D eigenvalue weighted by Gasteiger charge is 1.99. The number of rotatable bonds is 5. The van der Waals surface area contributed by atoms with Gasteiger partial charge in [-0.2, -0.15) is 0 Å². The largest absolute Gasteiger partial charge is 0.508 e. The van der Waals surface area contributed by atoms with Crippen molar-refractivity contribution in [3.05, 3.63) is 60.2 Å². The zero-order chi connectivity index (χ0) is 11.9. The smallest absolute Gasteiger partial charge is 0.119 e. The van der Waals surface area contributed by atoms with Crippen LogP contribution in [0.15, 0.2) is 54.6 Å². The molecular formula is C15H16O2. The molecule has 0 spiro atoms. The molecule has 17 heavy (non-hydrogen) atoms. The van der Waals surface area contributed by atoms with E-state index in [4.69, 9.17) is 4.74 Å². The first-order valence-electron chi connectivity index (χ1n) is 5.81. The Kier molecular flexibility index (Phi) is 4.03. The van der Waals surface area contributed by atoms with Gasteiger partial charge in [-0.3, -0.25) is 0 Å². The van der Waals surface area contributed by atoms with E-state index in [2.05, 4.69) is 0 Å². The van der Waals surface area contributed by atoms with Gasteiger partial charge in [-0.15, -0.1) is 0 Å². The average Bonchev–Trinajstić information content (AvgIpc) is 2.38. The Bertz CT molecular complexity index is 451. The van der Waals surface area contributed by atoms with Crippen molar-refractivity contribution in [2.75, 3.05) is 6.61 Å². The van der Waals surface area contributed by atoms with Gasteiger partial charge in [0, 0.05) is 0 Å². The first-order valence-corrected chi connectivity index (χ1v) is 5.81. The second kappa shape index (κ2) is 5.94. The molecule has 0 atom stereocenters. The fraction of sp³-hybridized carbons (Fsp3) is 0.200. The Hall–Kier alpha value is -1.96. The van der Waals surface area contributed by atoms with E-state index in [1.165, 1.54) is 0 Å². The first-order chi connectivity index (χ1) is 8.36. The van der Waals surface area contributed by atoms with Gasteiger partial charge >= 0.3 is 0 Å². The molecule has 88 valence electrons. The second-order valence-electron chi connectivity index (χ2n) is 3.89. The van der Waals surface area contributed by atoms with Crippen molar-refractivity contribution in [2.45, 2.75) is 12.8 Å². The van der Waals surface area contributed by atoms with Gasteiger partial charge in [0.15, 0.2) is 0 Å². The summed E-state index contributed by atoms with van der Waals surface area (Å²) in [5.74, 6) is 1.26. The van der Waals surface area contributed by atoms with Crippen molar-refractivity contribution >= 4 is 0 Å². The number of para-hydroxylation sites is 2. The number of phenols is 1. The molecule has 0 heterocycles. The molecule has 0 aromatic heterocycles. The van der Waals surface area contributed by atoms with Gasteiger partial charge in [-0.25, -0.2) is 0 Å². The molecule has 0 saturated carbocycles. The molecule has 0 amide bonds. The number of aryl methyl sites for hydroxylation is 1. The average molecular weight is 228 g/mol. The maximum Gasteiger partial charge on any atom is 0.119 e. The third-order valence-corrected chi connectivity index (χ3v) is 2.59. The highest BCUT2D eigenvalue weighted by Crippen LogP contribution is 2.17. The third-order valence-electron chi connectivity index (χ3n) is 2.59. The summed E-state index contributed by atoms with van der Waals surface area (Å²) in [6, 6.07) is 17.2. The van der Waals surface area contributed by atoms with Crippen molar-refractivity contribution in [3.63, 3.8) is 0 Å². The van der Waals surface area contributed by atoms with Crippen LogP contribution in [0.1, 0.15) is 12.0 Å². The summed E-state index contributed by atoms with van der Waals surface area (Å²) >= 11 is 0. The minimum atomic E-state index is 0.368. The molecule has 0 aliphatic rings. The van der Waals surface area contributed by atoms with Crippen molar-refractivity contribution < 1.29 is 9.84 Å². The summed E-state index contributed by atoms with van der Waals surface area (Å²) in [7, 11) is 0. The van der Waals surface area contributed by atoms with E-state index in [0.29, 0.717) is 12.4 Å². The molecule has 1 N–H and O–H groups in total. The Morgan fingerprint density at radius 1 is 0.882 bits per heavy atom. The summed E-state index contributed by atoms with van der Waals surface area (Å²) < 4.78 is 5.59. The monoisotopic (exact) mass is 228 g/mol. The summed E-state index contributed by atoms with van der Waals surface area (Å²) in [5.41, 5.74) is 0.976. The molecule has 0 saturated heterocycles. The summed E-state index contributed by atoms with van der Waals surface area (Å²) in [5, 5.41) is 9.59. The molecule has 2 rings (SSSR count). The van der Waals surface area contributed by atoms with Crippen LogP contribution in [0.25, 0.3) is 0 Å². The Balaban J connectivity index is 1.76. The second-order valence-corrected chi connectivity index (χ2v) is 3.89. The maximum absolute atomic E-state index is 9.59. The highest BCUT2D eigenvalue weighted by molar-refractivity contribution is 5.31. The van der Waals surface area contributed by atoms with E-state index in [1.807, 2.05) is 48.5 Å². The minimum absolute atomic E-state index is 0.368. The third kappa shape index (κ3) is 3.52. The molecule has 0 unspecified atom stereocenters. The quantitative estimate of drug-likeness (QED) is 0.795. The molecule has 2 nitrogen and oxygen atoms in total. The van der Waals surface area contributed by atoms with Crippen LogP contribution in [0, 0.1) is 0 Å². The van der Waals surface area contributed by atoms with Crippen LogP contribution >= 0.6 is 0 Å². The topological polar surface area (TPSA) is 29.5 Å². The van der Waals surface area contributed by atoms with Crippen LogP contribution in [0.2, 0.25) is 0 Å². The molecule has 0 aliphatic carbocycles. The van der Waals surface area contributed by atoms with Gasteiger partial charge in [0.05, 0.1) is 6.61 Å². The van der Waals surface area contributed by atoms with E-state index >= 15 is 0 Å². The lowest BCUT2D eigenvalue weighted by Crippen LogP contribution is -1.99. The van der Waals surface area contributed by atoms with Crippen molar-refractivity contribution in [1.29, 1.82) is 0 Å². The van der Waals surface area contributed by atoms with Gasteiger partial charge in [0.25, 0.3) is 0 Å². The van der Waals surface area contributed by atoms with E-state index in [-0.39, 0.29) is 0 Å². The lowest BCUT2D eigenvalue weighted by atomic mass is 10.1. The first kappa shape index (κ1) is 11.5. The van der Waals surface area contributed by atoms with Gasteiger partial charge in [0.1, 0.15) is 11.5 Å². The Morgan fingerprint density at radius 3 is 2.35 bits per heavy atom. The van der Waals surface area contributed by atoms with Crippen LogP contribution in [0.4, 0.5) is 0 Å².